The van der Waals surface area contributed by atoms with E-state index in [2.05, 4.69) is 45.9 Å². The van der Waals surface area contributed by atoms with Crippen LogP contribution in [-0.2, 0) is 4.74 Å². The largest absolute Gasteiger partial charge is 0.454 e. The van der Waals surface area contributed by atoms with Gasteiger partial charge in [0, 0.05) is 13.2 Å². The van der Waals surface area contributed by atoms with E-state index in [0.29, 0.717) is 24.5 Å². The van der Waals surface area contributed by atoms with Crippen LogP contribution in [0.15, 0.2) is 18.2 Å². The molecule has 26 heavy (non-hydrogen) atoms. The number of unbranched alkanes of at least 4 members (excludes halogenated alkanes) is 1. The first kappa shape index (κ1) is 19.5. The van der Waals surface area contributed by atoms with Crippen molar-refractivity contribution in [1.29, 1.82) is 0 Å². The van der Waals surface area contributed by atoms with E-state index in [1.807, 2.05) is 0 Å². The van der Waals surface area contributed by atoms with Crippen molar-refractivity contribution in [3.05, 3.63) is 23.8 Å². The maximum atomic E-state index is 6.11. The lowest BCUT2D eigenvalue weighted by Crippen LogP contribution is -2.36. The van der Waals surface area contributed by atoms with Gasteiger partial charge in [-0.3, -0.25) is 0 Å². The van der Waals surface area contributed by atoms with E-state index in [-0.39, 0.29) is 0 Å². The van der Waals surface area contributed by atoms with Crippen molar-refractivity contribution in [2.24, 2.45) is 23.7 Å². The van der Waals surface area contributed by atoms with Crippen molar-refractivity contribution in [2.75, 3.05) is 20.0 Å². The first-order chi connectivity index (χ1) is 12.6. The summed E-state index contributed by atoms with van der Waals surface area (Å²) in [6.45, 7) is 11.5. The number of rotatable bonds is 8. The molecule has 2 aliphatic rings. The third-order valence-electron chi connectivity index (χ3n) is 6.32. The predicted molar refractivity (Wildman–Crippen MR) is 106 cm³/mol. The molecule has 3 nitrogen and oxygen atoms in total. The summed E-state index contributed by atoms with van der Waals surface area (Å²) in [5, 5.41) is 0. The summed E-state index contributed by atoms with van der Waals surface area (Å²) in [6.07, 6.45) is 6.27. The van der Waals surface area contributed by atoms with Crippen molar-refractivity contribution in [1.82, 2.24) is 0 Å². The number of hydrogen-bond donors (Lipinski definition) is 0. The van der Waals surface area contributed by atoms with Gasteiger partial charge in [-0.2, -0.15) is 0 Å². The molecule has 0 amide bonds. The molecule has 1 aliphatic heterocycles. The van der Waals surface area contributed by atoms with E-state index < -0.39 is 0 Å². The molecule has 1 aromatic rings. The number of fused-ring (bicyclic) bond motifs is 1. The van der Waals surface area contributed by atoms with Gasteiger partial charge in [0.05, 0.1) is 0 Å². The van der Waals surface area contributed by atoms with Crippen LogP contribution in [0.4, 0.5) is 0 Å². The zero-order valence-electron chi connectivity index (χ0n) is 17.0. The standard InChI is InChI=1S/C23H36O3/c1-5-6-11-24-14-21-17(4)20(9-7-18(21)12-16(2)3)19-8-10-22-23(13-19)26-15-25-22/h8,10,13,16-18,20-21H,5-7,9,11-12,14-15H2,1-4H3/t17-,18?,20?,21?/m1/s1. The highest BCUT2D eigenvalue weighted by molar-refractivity contribution is 5.45. The fraction of sp³-hybridized carbons (Fsp3) is 0.739. The average molecular weight is 361 g/mol. The summed E-state index contributed by atoms with van der Waals surface area (Å²) in [5.41, 5.74) is 1.41. The van der Waals surface area contributed by atoms with E-state index in [9.17, 15) is 0 Å². The fourth-order valence-electron chi connectivity index (χ4n) is 4.86. The first-order valence-electron chi connectivity index (χ1n) is 10.6. The second-order valence-electron chi connectivity index (χ2n) is 8.64. The van der Waals surface area contributed by atoms with Crippen molar-refractivity contribution < 1.29 is 14.2 Å². The Morgan fingerprint density at radius 3 is 2.73 bits per heavy atom. The van der Waals surface area contributed by atoms with Gasteiger partial charge in [-0.1, -0.05) is 40.2 Å². The molecule has 0 saturated heterocycles. The number of hydrogen-bond acceptors (Lipinski definition) is 3. The van der Waals surface area contributed by atoms with Gasteiger partial charge in [-0.15, -0.1) is 0 Å². The number of ether oxygens (including phenoxy) is 3. The lowest BCUT2D eigenvalue weighted by molar-refractivity contribution is 0.0168. The lowest BCUT2D eigenvalue weighted by Gasteiger charge is -2.42. The van der Waals surface area contributed by atoms with E-state index in [4.69, 9.17) is 14.2 Å². The average Bonchev–Trinajstić information content (AvgIpc) is 3.08. The van der Waals surface area contributed by atoms with Crippen molar-refractivity contribution >= 4 is 0 Å². The van der Waals surface area contributed by atoms with E-state index in [1.165, 1.54) is 37.7 Å². The van der Waals surface area contributed by atoms with Crippen LogP contribution in [0.1, 0.15) is 71.3 Å². The van der Waals surface area contributed by atoms with Crippen LogP contribution in [0.2, 0.25) is 0 Å². The Bertz CT molecular complexity index is 569. The molecule has 0 N–H and O–H groups in total. The van der Waals surface area contributed by atoms with Gasteiger partial charge < -0.3 is 14.2 Å². The second-order valence-corrected chi connectivity index (χ2v) is 8.64. The molecule has 0 spiro atoms. The third kappa shape index (κ3) is 4.54. The normalized spacial score (nSPS) is 27.9. The monoisotopic (exact) mass is 360 g/mol. The zero-order valence-corrected chi connectivity index (χ0v) is 17.0. The molecular weight excluding hydrogens is 324 g/mol. The van der Waals surface area contributed by atoms with Gasteiger partial charge in [0.2, 0.25) is 6.79 Å². The molecule has 3 heteroatoms. The van der Waals surface area contributed by atoms with E-state index in [1.54, 1.807) is 0 Å². The molecule has 1 fully saturated rings. The summed E-state index contributed by atoms with van der Waals surface area (Å²) >= 11 is 0. The SMILES string of the molecule is CCCCOCC1C(CC(C)C)CCC(c2ccc3c(c2)OCO3)[C@H]1C. The molecule has 0 bridgehead atoms. The fourth-order valence-corrected chi connectivity index (χ4v) is 4.86. The quantitative estimate of drug-likeness (QED) is 0.530. The Kier molecular flexibility index (Phi) is 6.86. The minimum absolute atomic E-state index is 0.351. The minimum atomic E-state index is 0.351. The van der Waals surface area contributed by atoms with Crippen LogP contribution in [-0.4, -0.2) is 20.0 Å². The summed E-state index contributed by atoms with van der Waals surface area (Å²) in [4.78, 5) is 0. The topological polar surface area (TPSA) is 27.7 Å². The lowest BCUT2D eigenvalue weighted by atomic mass is 9.64. The van der Waals surface area contributed by atoms with Gasteiger partial charge in [-0.25, -0.2) is 0 Å². The first-order valence-corrected chi connectivity index (χ1v) is 10.6. The van der Waals surface area contributed by atoms with Crippen LogP contribution in [0.5, 0.6) is 11.5 Å². The third-order valence-corrected chi connectivity index (χ3v) is 6.32. The summed E-state index contributed by atoms with van der Waals surface area (Å²) in [7, 11) is 0. The Balaban J connectivity index is 1.72. The van der Waals surface area contributed by atoms with Gasteiger partial charge in [0.25, 0.3) is 0 Å². The Labute approximate surface area is 159 Å². The predicted octanol–water partition coefficient (Wildman–Crippen LogP) is 6.02. The molecule has 1 aliphatic carbocycles. The summed E-state index contributed by atoms with van der Waals surface area (Å²) in [5.74, 6) is 5.22. The second kappa shape index (κ2) is 9.12. The smallest absolute Gasteiger partial charge is 0.231 e. The molecule has 0 radical (unpaired) electrons. The van der Waals surface area contributed by atoms with Gasteiger partial charge in [0.1, 0.15) is 0 Å². The summed E-state index contributed by atoms with van der Waals surface area (Å²) in [6, 6.07) is 6.53. The Morgan fingerprint density at radius 2 is 1.96 bits per heavy atom. The molecule has 146 valence electrons. The van der Waals surface area contributed by atoms with Crippen molar-refractivity contribution in [3.63, 3.8) is 0 Å². The van der Waals surface area contributed by atoms with Gasteiger partial charge in [0.15, 0.2) is 11.5 Å². The van der Waals surface area contributed by atoms with Crippen molar-refractivity contribution in [2.45, 2.75) is 65.7 Å². The molecule has 1 saturated carbocycles. The van der Waals surface area contributed by atoms with Crippen LogP contribution >= 0.6 is 0 Å². The molecular formula is C23H36O3. The molecule has 0 aromatic heterocycles. The molecule has 3 unspecified atom stereocenters. The van der Waals surface area contributed by atoms with Crippen LogP contribution in [0.25, 0.3) is 0 Å². The van der Waals surface area contributed by atoms with Gasteiger partial charge >= 0.3 is 0 Å². The van der Waals surface area contributed by atoms with Crippen LogP contribution in [0.3, 0.4) is 0 Å². The highest BCUT2D eigenvalue weighted by Gasteiger charge is 2.38. The molecule has 3 rings (SSSR count). The molecule has 4 atom stereocenters. The van der Waals surface area contributed by atoms with Crippen LogP contribution < -0.4 is 9.47 Å². The van der Waals surface area contributed by atoms with E-state index in [0.717, 1.165) is 36.5 Å². The Morgan fingerprint density at radius 1 is 1.15 bits per heavy atom. The van der Waals surface area contributed by atoms with Gasteiger partial charge in [-0.05, 0) is 73.0 Å². The zero-order chi connectivity index (χ0) is 18.5. The van der Waals surface area contributed by atoms with Crippen molar-refractivity contribution in [3.8, 4) is 11.5 Å². The summed E-state index contributed by atoms with van der Waals surface area (Å²) < 4.78 is 17.2. The highest BCUT2D eigenvalue weighted by atomic mass is 16.7. The molecule has 1 heterocycles. The van der Waals surface area contributed by atoms with Crippen LogP contribution in [0, 0.1) is 23.7 Å². The Hall–Kier alpha value is -1.22. The number of benzene rings is 1. The van der Waals surface area contributed by atoms with E-state index >= 15 is 0 Å². The molecule has 1 aromatic carbocycles. The highest BCUT2D eigenvalue weighted by Crippen LogP contribution is 2.47. The minimum Gasteiger partial charge on any atom is -0.454 e. The maximum absolute atomic E-state index is 6.11. The maximum Gasteiger partial charge on any atom is 0.231 e.